The predicted octanol–water partition coefficient (Wildman–Crippen LogP) is 2.64. The van der Waals surface area contributed by atoms with Gasteiger partial charge in [-0.2, -0.15) is 0 Å². The van der Waals surface area contributed by atoms with Gasteiger partial charge in [0.25, 0.3) is 11.8 Å². The first-order valence-electron chi connectivity index (χ1n) is 11.7. The Balaban J connectivity index is 1.53. The Morgan fingerprint density at radius 1 is 1.19 bits per heavy atom. The molecule has 186 valence electrons. The van der Waals surface area contributed by atoms with Crippen LogP contribution in [0.15, 0.2) is 72.6 Å². The first kappa shape index (κ1) is 24.9. The SMILES string of the molecule is C=C/C=C(\C(=C/C)NC(=O)c1cccc(N2Cc3ccc(C(=O)OC)cc3C2=O)n1)N1CCNCC1. The van der Waals surface area contributed by atoms with Crippen molar-refractivity contribution in [1.29, 1.82) is 0 Å². The average Bonchev–Trinajstić information content (AvgIpc) is 3.26. The monoisotopic (exact) mass is 487 g/mol. The first-order chi connectivity index (χ1) is 17.5. The van der Waals surface area contributed by atoms with E-state index in [4.69, 9.17) is 4.74 Å². The minimum atomic E-state index is -0.508. The highest BCUT2D eigenvalue weighted by atomic mass is 16.5. The second-order valence-electron chi connectivity index (χ2n) is 8.32. The van der Waals surface area contributed by atoms with E-state index in [0.29, 0.717) is 29.2 Å². The summed E-state index contributed by atoms with van der Waals surface area (Å²) in [6, 6.07) is 9.88. The molecule has 4 rings (SSSR count). The number of hydrogen-bond donors (Lipinski definition) is 2. The Kier molecular flexibility index (Phi) is 7.60. The van der Waals surface area contributed by atoms with E-state index in [9.17, 15) is 14.4 Å². The molecule has 2 N–H and O–H groups in total. The fourth-order valence-electron chi connectivity index (χ4n) is 4.28. The molecule has 0 unspecified atom stereocenters. The minimum Gasteiger partial charge on any atom is -0.465 e. The number of benzene rings is 1. The van der Waals surface area contributed by atoms with Crippen molar-refractivity contribution in [2.75, 3.05) is 38.2 Å². The second-order valence-corrected chi connectivity index (χ2v) is 8.32. The summed E-state index contributed by atoms with van der Waals surface area (Å²) in [4.78, 5) is 46.3. The lowest BCUT2D eigenvalue weighted by Gasteiger charge is -2.32. The number of nitrogens with one attached hydrogen (secondary N) is 2. The second kappa shape index (κ2) is 11.0. The Morgan fingerprint density at radius 2 is 1.97 bits per heavy atom. The van der Waals surface area contributed by atoms with Gasteiger partial charge in [-0.05, 0) is 42.8 Å². The third kappa shape index (κ3) is 5.06. The van der Waals surface area contributed by atoms with Crippen molar-refractivity contribution < 1.29 is 19.1 Å². The minimum absolute atomic E-state index is 0.184. The van der Waals surface area contributed by atoms with Gasteiger partial charge in [0.05, 0.1) is 30.6 Å². The molecule has 2 amide bonds. The summed E-state index contributed by atoms with van der Waals surface area (Å²) in [5.74, 6) is -0.821. The van der Waals surface area contributed by atoms with E-state index in [2.05, 4.69) is 27.1 Å². The van der Waals surface area contributed by atoms with Crippen LogP contribution in [0.3, 0.4) is 0 Å². The molecule has 1 aromatic heterocycles. The standard InChI is InChI=1S/C27H29N5O4/c1-4-7-23(31-14-12-28-13-15-31)21(5-2)30-25(33)22-8-6-9-24(29-22)32-17-19-11-10-18(27(35)36-3)16-20(19)26(32)34/h4-11,16,28H,1,12-15,17H2,2-3H3,(H,30,33)/b21-5+,23-7+. The summed E-state index contributed by atoms with van der Waals surface area (Å²) in [5.41, 5.74) is 3.22. The number of pyridine rings is 1. The van der Waals surface area contributed by atoms with Crippen molar-refractivity contribution in [2.45, 2.75) is 13.5 Å². The summed E-state index contributed by atoms with van der Waals surface area (Å²) < 4.78 is 4.76. The lowest BCUT2D eigenvalue weighted by atomic mass is 10.1. The van der Waals surface area contributed by atoms with E-state index in [1.165, 1.54) is 18.1 Å². The van der Waals surface area contributed by atoms with E-state index in [-0.39, 0.29) is 17.5 Å². The fourth-order valence-corrected chi connectivity index (χ4v) is 4.28. The summed E-state index contributed by atoms with van der Waals surface area (Å²) in [7, 11) is 1.29. The van der Waals surface area contributed by atoms with Crippen molar-refractivity contribution in [2.24, 2.45) is 0 Å². The van der Waals surface area contributed by atoms with Gasteiger partial charge in [0.15, 0.2) is 0 Å². The molecular formula is C27H29N5O4. The maximum atomic E-state index is 13.2. The smallest absolute Gasteiger partial charge is 0.337 e. The number of aromatic nitrogens is 1. The molecule has 1 fully saturated rings. The highest BCUT2D eigenvalue weighted by Gasteiger charge is 2.31. The Hall–Kier alpha value is -4.24. The number of nitrogens with zero attached hydrogens (tertiary/aromatic N) is 3. The topological polar surface area (TPSA) is 104 Å². The van der Waals surface area contributed by atoms with Crippen LogP contribution >= 0.6 is 0 Å². The normalized spacial score (nSPS) is 16.0. The zero-order valence-electron chi connectivity index (χ0n) is 20.4. The van der Waals surface area contributed by atoms with E-state index >= 15 is 0 Å². The van der Waals surface area contributed by atoms with E-state index in [0.717, 1.165) is 37.4 Å². The Morgan fingerprint density at radius 3 is 2.67 bits per heavy atom. The van der Waals surface area contributed by atoms with Gasteiger partial charge in [-0.1, -0.05) is 30.9 Å². The van der Waals surface area contributed by atoms with Gasteiger partial charge in [-0.25, -0.2) is 9.78 Å². The number of piperazine rings is 1. The lowest BCUT2D eigenvalue weighted by Crippen LogP contribution is -2.44. The molecule has 9 heteroatoms. The molecule has 2 aromatic rings. The van der Waals surface area contributed by atoms with Gasteiger partial charge in [0, 0.05) is 31.7 Å². The van der Waals surface area contributed by atoms with Crippen LogP contribution in [0.25, 0.3) is 0 Å². The molecule has 9 nitrogen and oxygen atoms in total. The van der Waals surface area contributed by atoms with E-state index < -0.39 is 5.97 Å². The number of esters is 1. The average molecular weight is 488 g/mol. The fraction of sp³-hybridized carbons (Fsp3) is 0.259. The molecular weight excluding hydrogens is 458 g/mol. The van der Waals surface area contributed by atoms with Crippen LogP contribution in [-0.2, 0) is 11.3 Å². The van der Waals surface area contributed by atoms with Gasteiger partial charge in [-0.15, -0.1) is 0 Å². The Labute approximate surface area is 210 Å². The van der Waals surface area contributed by atoms with Gasteiger partial charge < -0.3 is 20.3 Å². The number of rotatable bonds is 7. The first-order valence-corrected chi connectivity index (χ1v) is 11.7. The number of anilines is 1. The highest BCUT2D eigenvalue weighted by Crippen LogP contribution is 2.28. The van der Waals surface area contributed by atoms with Gasteiger partial charge >= 0.3 is 5.97 Å². The summed E-state index contributed by atoms with van der Waals surface area (Å²) in [6.07, 6.45) is 5.43. The number of fused-ring (bicyclic) bond motifs is 1. The quantitative estimate of drug-likeness (QED) is 0.457. The molecule has 0 radical (unpaired) electrons. The van der Waals surface area contributed by atoms with Crippen LogP contribution < -0.4 is 15.5 Å². The number of methoxy groups -OCH3 is 1. The van der Waals surface area contributed by atoms with E-state index in [1.54, 1.807) is 36.4 Å². The zero-order valence-corrected chi connectivity index (χ0v) is 20.4. The molecule has 1 aromatic carbocycles. The molecule has 2 aliphatic rings. The summed E-state index contributed by atoms with van der Waals surface area (Å²) in [6.45, 7) is 9.32. The largest absolute Gasteiger partial charge is 0.465 e. The lowest BCUT2D eigenvalue weighted by molar-refractivity contribution is 0.0600. The number of ether oxygens (including phenoxy) is 1. The van der Waals surface area contributed by atoms with Crippen molar-refractivity contribution in [1.82, 2.24) is 20.5 Å². The number of carbonyl (C=O) groups is 3. The maximum Gasteiger partial charge on any atom is 0.337 e. The number of carbonyl (C=O) groups excluding carboxylic acids is 3. The molecule has 0 saturated carbocycles. The molecule has 2 aliphatic heterocycles. The number of allylic oxidation sites excluding steroid dienone is 3. The Bertz CT molecular complexity index is 1260. The van der Waals surface area contributed by atoms with E-state index in [1.807, 2.05) is 19.1 Å². The van der Waals surface area contributed by atoms with Gasteiger partial charge in [-0.3, -0.25) is 14.5 Å². The third-order valence-corrected chi connectivity index (χ3v) is 6.12. The van der Waals surface area contributed by atoms with Gasteiger partial charge in [0.2, 0.25) is 0 Å². The van der Waals surface area contributed by atoms with Crippen LogP contribution in [0.4, 0.5) is 5.82 Å². The molecule has 0 spiro atoms. The van der Waals surface area contributed by atoms with Crippen molar-refractivity contribution in [3.63, 3.8) is 0 Å². The summed E-state index contributed by atoms with van der Waals surface area (Å²) >= 11 is 0. The molecule has 0 atom stereocenters. The molecule has 0 bridgehead atoms. The zero-order chi connectivity index (χ0) is 25.7. The molecule has 0 aliphatic carbocycles. The van der Waals surface area contributed by atoms with Crippen LogP contribution in [0.1, 0.15) is 43.7 Å². The van der Waals surface area contributed by atoms with Crippen molar-refractivity contribution in [3.05, 3.63) is 95.0 Å². The predicted molar refractivity (Wildman–Crippen MR) is 136 cm³/mol. The van der Waals surface area contributed by atoms with Crippen molar-refractivity contribution in [3.8, 4) is 0 Å². The maximum absolute atomic E-state index is 13.2. The van der Waals surface area contributed by atoms with Crippen LogP contribution in [0, 0.1) is 0 Å². The van der Waals surface area contributed by atoms with Crippen molar-refractivity contribution >= 4 is 23.6 Å². The summed E-state index contributed by atoms with van der Waals surface area (Å²) in [5, 5.41) is 6.29. The number of hydrogen-bond acceptors (Lipinski definition) is 7. The molecule has 3 heterocycles. The highest BCUT2D eigenvalue weighted by molar-refractivity contribution is 6.10. The van der Waals surface area contributed by atoms with Crippen LogP contribution in [-0.4, -0.2) is 61.0 Å². The van der Waals surface area contributed by atoms with Crippen LogP contribution in [0.5, 0.6) is 0 Å². The van der Waals surface area contributed by atoms with Gasteiger partial charge in [0.1, 0.15) is 11.5 Å². The number of amides is 2. The molecule has 1 saturated heterocycles. The molecule has 36 heavy (non-hydrogen) atoms. The van der Waals surface area contributed by atoms with Crippen LogP contribution in [0.2, 0.25) is 0 Å². The third-order valence-electron chi connectivity index (χ3n) is 6.12.